The van der Waals surface area contributed by atoms with Crippen LogP contribution in [-0.2, 0) is 0 Å². The third-order valence-electron chi connectivity index (χ3n) is 2.71. The van der Waals surface area contributed by atoms with Crippen molar-refractivity contribution in [3.8, 4) is 0 Å². The number of hydrogen-bond acceptors (Lipinski definition) is 2. The van der Waals surface area contributed by atoms with Crippen molar-refractivity contribution in [1.82, 2.24) is 0 Å². The van der Waals surface area contributed by atoms with E-state index in [0.717, 1.165) is 12.8 Å². The number of aliphatic hydroxyl groups excluding tert-OH is 1. The van der Waals surface area contributed by atoms with E-state index in [4.69, 9.17) is 5.73 Å². The molecule has 0 bridgehead atoms. The molecule has 0 spiro atoms. The summed E-state index contributed by atoms with van der Waals surface area (Å²) in [5.74, 6) is -0.382. The summed E-state index contributed by atoms with van der Waals surface area (Å²) in [6.45, 7) is 2.44. The quantitative estimate of drug-likeness (QED) is 0.875. The van der Waals surface area contributed by atoms with Crippen molar-refractivity contribution in [3.05, 3.63) is 34.1 Å². The van der Waals surface area contributed by atoms with Crippen LogP contribution in [0.2, 0.25) is 0 Å². The fourth-order valence-electron chi connectivity index (χ4n) is 1.78. The molecule has 0 fully saturated rings. The predicted molar refractivity (Wildman–Crippen MR) is 66.5 cm³/mol. The smallest absolute Gasteiger partial charge is 0.137 e. The van der Waals surface area contributed by atoms with Gasteiger partial charge < -0.3 is 10.8 Å². The molecule has 0 aliphatic rings. The van der Waals surface area contributed by atoms with E-state index in [1.807, 2.05) is 6.92 Å². The first-order valence-corrected chi connectivity index (χ1v) is 6.23. The summed E-state index contributed by atoms with van der Waals surface area (Å²) in [4.78, 5) is 0. The highest BCUT2D eigenvalue weighted by atomic mass is 79.9. The number of rotatable bonds is 5. The Kier molecular flexibility index (Phi) is 5.38. The maximum atomic E-state index is 13.3. The minimum absolute atomic E-state index is 0.0249. The first kappa shape index (κ1) is 13.6. The van der Waals surface area contributed by atoms with Crippen LogP contribution in [0.1, 0.15) is 31.4 Å². The van der Waals surface area contributed by atoms with Gasteiger partial charge in [0.25, 0.3) is 0 Å². The Bertz CT molecular complexity index is 346. The second-order valence-electron chi connectivity index (χ2n) is 3.87. The summed E-state index contributed by atoms with van der Waals surface area (Å²) in [5.41, 5.74) is 6.19. The summed E-state index contributed by atoms with van der Waals surface area (Å²) in [5, 5.41) is 10.1. The van der Waals surface area contributed by atoms with E-state index in [-0.39, 0.29) is 11.7 Å². The molecule has 1 rings (SSSR count). The normalized spacial score (nSPS) is 14.8. The highest BCUT2D eigenvalue weighted by Gasteiger charge is 2.21. The van der Waals surface area contributed by atoms with Crippen LogP contribution >= 0.6 is 15.9 Å². The van der Waals surface area contributed by atoms with Gasteiger partial charge in [0.1, 0.15) is 5.82 Å². The SMILES string of the molecule is CCCC(CN)C(O)c1cccc(F)c1Br. The van der Waals surface area contributed by atoms with E-state index >= 15 is 0 Å². The molecule has 2 unspecified atom stereocenters. The Balaban J connectivity index is 2.94. The van der Waals surface area contributed by atoms with Crippen LogP contribution in [0.15, 0.2) is 22.7 Å². The number of hydrogen-bond donors (Lipinski definition) is 2. The molecule has 0 heterocycles. The summed E-state index contributed by atoms with van der Waals surface area (Å²) in [6.07, 6.45) is 1.07. The van der Waals surface area contributed by atoms with Gasteiger partial charge in [-0.3, -0.25) is 0 Å². The van der Waals surface area contributed by atoms with Gasteiger partial charge in [-0.2, -0.15) is 0 Å². The van der Waals surface area contributed by atoms with Crippen LogP contribution in [-0.4, -0.2) is 11.7 Å². The predicted octanol–water partition coefficient (Wildman–Crippen LogP) is 3.00. The van der Waals surface area contributed by atoms with Gasteiger partial charge in [-0.05, 0) is 40.5 Å². The maximum Gasteiger partial charge on any atom is 0.137 e. The minimum atomic E-state index is -0.713. The lowest BCUT2D eigenvalue weighted by molar-refractivity contribution is 0.105. The van der Waals surface area contributed by atoms with E-state index < -0.39 is 6.10 Å². The van der Waals surface area contributed by atoms with Gasteiger partial charge in [0.15, 0.2) is 0 Å². The monoisotopic (exact) mass is 289 g/mol. The average Bonchev–Trinajstić information content (AvgIpc) is 2.29. The molecular weight excluding hydrogens is 273 g/mol. The fraction of sp³-hybridized carbons (Fsp3) is 0.500. The van der Waals surface area contributed by atoms with Gasteiger partial charge in [0.2, 0.25) is 0 Å². The van der Waals surface area contributed by atoms with Crippen molar-refractivity contribution in [1.29, 1.82) is 0 Å². The number of halogens is 2. The molecule has 0 radical (unpaired) electrons. The van der Waals surface area contributed by atoms with Gasteiger partial charge in [-0.1, -0.05) is 25.5 Å². The Morgan fingerprint density at radius 2 is 2.19 bits per heavy atom. The maximum absolute atomic E-state index is 13.3. The van der Waals surface area contributed by atoms with Crippen LogP contribution in [0.4, 0.5) is 4.39 Å². The summed E-state index contributed by atoms with van der Waals surface area (Å²) in [6, 6.07) is 4.67. The van der Waals surface area contributed by atoms with Gasteiger partial charge in [0, 0.05) is 5.92 Å². The summed E-state index contributed by atoms with van der Waals surface area (Å²) in [7, 11) is 0. The fourth-order valence-corrected chi connectivity index (χ4v) is 2.28. The molecule has 0 aliphatic heterocycles. The zero-order valence-corrected chi connectivity index (χ0v) is 10.9. The van der Waals surface area contributed by atoms with Crippen LogP contribution in [0.25, 0.3) is 0 Å². The lowest BCUT2D eigenvalue weighted by Crippen LogP contribution is -2.22. The average molecular weight is 290 g/mol. The molecule has 2 atom stereocenters. The number of benzene rings is 1. The molecule has 1 aromatic carbocycles. The van der Waals surface area contributed by atoms with E-state index in [0.29, 0.717) is 16.6 Å². The minimum Gasteiger partial charge on any atom is -0.388 e. The Morgan fingerprint density at radius 3 is 2.75 bits per heavy atom. The second kappa shape index (κ2) is 6.33. The van der Waals surface area contributed by atoms with E-state index in [1.54, 1.807) is 12.1 Å². The molecule has 0 amide bonds. The van der Waals surface area contributed by atoms with E-state index in [9.17, 15) is 9.50 Å². The molecule has 16 heavy (non-hydrogen) atoms. The molecule has 0 saturated heterocycles. The molecule has 4 heteroatoms. The van der Waals surface area contributed by atoms with Crippen molar-refractivity contribution in [2.45, 2.75) is 25.9 Å². The van der Waals surface area contributed by atoms with Crippen LogP contribution in [0, 0.1) is 11.7 Å². The molecule has 90 valence electrons. The van der Waals surface area contributed by atoms with E-state index in [2.05, 4.69) is 15.9 Å². The van der Waals surface area contributed by atoms with Crippen molar-refractivity contribution >= 4 is 15.9 Å². The molecule has 1 aromatic rings. The van der Waals surface area contributed by atoms with Gasteiger partial charge >= 0.3 is 0 Å². The van der Waals surface area contributed by atoms with Gasteiger partial charge in [0.05, 0.1) is 10.6 Å². The number of aliphatic hydroxyl groups is 1. The highest BCUT2D eigenvalue weighted by Crippen LogP contribution is 2.31. The zero-order valence-electron chi connectivity index (χ0n) is 9.29. The van der Waals surface area contributed by atoms with E-state index in [1.165, 1.54) is 6.07 Å². The Morgan fingerprint density at radius 1 is 1.50 bits per heavy atom. The molecule has 0 aliphatic carbocycles. The van der Waals surface area contributed by atoms with Gasteiger partial charge in [-0.25, -0.2) is 4.39 Å². The van der Waals surface area contributed by atoms with Crippen molar-refractivity contribution < 1.29 is 9.50 Å². The molecular formula is C12H17BrFNO. The standard InChI is InChI=1S/C12H17BrFNO/c1-2-4-8(7-15)12(16)9-5-3-6-10(14)11(9)13/h3,5-6,8,12,16H,2,4,7,15H2,1H3. The molecule has 0 saturated carbocycles. The highest BCUT2D eigenvalue weighted by molar-refractivity contribution is 9.10. The van der Waals surface area contributed by atoms with Crippen molar-refractivity contribution in [3.63, 3.8) is 0 Å². The molecule has 2 nitrogen and oxygen atoms in total. The largest absolute Gasteiger partial charge is 0.388 e. The lowest BCUT2D eigenvalue weighted by atomic mass is 9.92. The Hall–Kier alpha value is -0.450. The molecule has 3 N–H and O–H groups in total. The second-order valence-corrected chi connectivity index (χ2v) is 4.67. The summed E-state index contributed by atoms with van der Waals surface area (Å²) >= 11 is 3.15. The number of nitrogens with two attached hydrogens (primary N) is 1. The van der Waals surface area contributed by atoms with Crippen molar-refractivity contribution in [2.75, 3.05) is 6.54 Å². The topological polar surface area (TPSA) is 46.2 Å². The third kappa shape index (κ3) is 3.03. The zero-order chi connectivity index (χ0) is 12.1. The van der Waals surface area contributed by atoms with Crippen LogP contribution in [0.5, 0.6) is 0 Å². The summed E-state index contributed by atoms with van der Waals surface area (Å²) < 4.78 is 13.6. The van der Waals surface area contributed by atoms with Crippen LogP contribution < -0.4 is 5.73 Å². The van der Waals surface area contributed by atoms with Gasteiger partial charge in [-0.15, -0.1) is 0 Å². The third-order valence-corrected chi connectivity index (χ3v) is 3.55. The molecule has 0 aromatic heterocycles. The first-order chi connectivity index (χ1) is 7.61. The Labute approximate surface area is 104 Å². The lowest BCUT2D eigenvalue weighted by Gasteiger charge is -2.22. The van der Waals surface area contributed by atoms with Crippen LogP contribution in [0.3, 0.4) is 0 Å². The first-order valence-electron chi connectivity index (χ1n) is 5.43. The van der Waals surface area contributed by atoms with Crippen molar-refractivity contribution in [2.24, 2.45) is 11.7 Å².